The van der Waals surface area contributed by atoms with Crippen molar-refractivity contribution in [3.8, 4) is 0 Å². The Morgan fingerprint density at radius 1 is 1.00 bits per heavy atom. The second-order valence-electron chi connectivity index (χ2n) is 4.88. The van der Waals surface area contributed by atoms with Crippen molar-refractivity contribution >= 4 is 17.7 Å². The normalized spacial score (nSPS) is 16.6. The molecule has 0 saturated heterocycles. The summed E-state index contributed by atoms with van der Waals surface area (Å²) in [6.45, 7) is 4.74. The number of nitrogens with one attached hydrogen (secondary N) is 2. The molecule has 0 radical (unpaired) electrons. The van der Waals surface area contributed by atoms with E-state index in [2.05, 4.69) is 15.2 Å². The van der Waals surface area contributed by atoms with E-state index >= 15 is 0 Å². The van der Waals surface area contributed by atoms with Crippen molar-refractivity contribution in [1.29, 1.82) is 0 Å². The number of Topliss-reactive ketones (excluding diaryl/α,β-unsaturated/α-hetero) is 1. The molecule has 2 aliphatic heterocycles. The molecule has 0 aromatic heterocycles. The first-order chi connectivity index (χ1) is 10.2. The van der Waals surface area contributed by atoms with Crippen LogP contribution in [0.5, 0.6) is 0 Å². The van der Waals surface area contributed by atoms with Gasteiger partial charge in [-0.1, -0.05) is 30.3 Å². The Kier molecular flexibility index (Phi) is 5.31. The predicted molar refractivity (Wildman–Crippen MR) is 76.0 cm³/mol. The maximum Gasteiger partial charge on any atom is 0.345 e. The van der Waals surface area contributed by atoms with E-state index in [0.717, 1.165) is 13.1 Å². The fraction of sp³-hybridized carbons (Fsp3) is 0.400. The van der Waals surface area contributed by atoms with Crippen LogP contribution < -0.4 is 15.7 Å². The first-order valence-corrected chi connectivity index (χ1v) is 7.09. The molecular weight excluding hydrogens is 270 g/mol. The zero-order valence-corrected chi connectivity index (χ0v) is 11.8. The lowest BCUT2D eigenvalue weighted by atomic mass is 10.1. The number of carbonyl (C=O) groups is 2. The minimum atomic E-state index is -1.67. The third-order valence-corrected chi connectivity index (χ3v) is 3.33. The van der Waals surface area contributed by atoms with Crippen molar-refractivity contribution in [2.24, 2.45) is 0 Å². The summed E-state index contributed by atoms with van der Waals surface area (Å²) in [7, 11) is 0. The van der Waals surface area contributed by atoms with Crippen LogP contribution in [0.2, 0.25) is 0 Å². The number of hydrogen-bond acceptors (Lipinski definition) is 5. The van der Waals surface area contributed by atoms with E-state index in [4.69, 9.17) is 0 Å². The average Bonchev–Trinajstić information content (AvgIpc) is 2.55. The lowest BCUT2D eigenvalue weighted by molar-refractivity contribution is -0.539. The average molecular weight is 289 g/mol. The van der Waals surface area contributed by atoms with Crippen LogP contribution in [0, 0.1) is 0 Å². The van der Waals surface area contributed by atoms with E-state index in [0.29, 0.717) is 0 Å². The number of ketones is 1. The summed E-state index contributed by atoms with van der Waals surface area (Å²) in [6.07, 6.45) is 2.57. The maximum atomic E-state index is 10.7. The zero-order valence-electron chi connectivity index (χ0n) is 11.8. The van der Waals surface area contributed by atoms with Crippen molar-refractivity contribution in [2.75, 3.05) is 26.2 Å². The lowest BCUT2D eigenvalue weighted by Crippen LogP contribution is -2.52. The lowest BCUT2D eigenvalue weighted by Gasteiger charge is -2.22. The summed E-state index contributed by atoms with van der Waals surface area (Å²) >= 11 is 0. The van der Waals surface area contributed by atoms with Crippen molar-refractivity contribution < 1.29 is 19.3 Å². The summed E-state index contributed by atoms with van der Waals surface area (Å²) in [5.41, 5.74) is 0.146. The number of guanidine groups is 1. The fourth-order valence-electron chi connectivity index (χ4n) is 2.28. The Balaban J connectivity index is 0.000000154. The largest absolute Gasteiger partial charge is 0.541 e. The Morgan fingerprint density at radius 2 is 1.57 bits per heavy atom. The first-order valence-electron chi connectivity index (χ1n) is 7.09. The van der Waals surface area contributed by atoms with Crippen molar-refractivity contribution in [1.82, 2.24) is 10.6 Å². The van der Waals surface area contributed by atoms with Gasteiger partial charge in [-0.05, 0) is 0 Å². The van der Waals surface area contributed by atoms with Crippen LogP contribution in [0.1, 0.15) is 23.2 Å². The van der Waals surface area contributed by atoms with Crippen LogP contribution in [-0.2, 0) is 4.79 Å². The van der Waals surface area contributed by atoms with Crippen molar-refractivity contribution in [3.63, 3.8) is 0 Å². The minimum absolute atomic E-state index is 0.146. The highest BCUT2D eigenvalue weighted by Gasteiger charge is 2.19. The third kappa shape index (κ3) is 4.30. The van der Waals surface area contributed by atoms with E-state index in [1.165, 1.54) is 44.0 Å². The first kappa shape index (κ1) is 15.0. The molecule has 1 aromatic carbocycles. The zero-order chi connectivity index (χ0) is 15.1. The van der Waals surface area contributed by atoms with Gasteiger partial charge in [0.2, 0.25) is 5.78 Å². The van der Waals surface area contributed by atoms with Crippen LogP contribution >= 0.6 is 0 Å². The molecule has 0 amide bonds. The monoisotopic (exact) mass is 289 g/mol. The van der Waals surface area contributed by atoms with Gasteiger partial charge in [0.05, 0.1) is 26.2 Å². The summed E-state index contributed by atoms with van der Waals surface area (Å²) in [4.78, 5) is 20.7. The highest BCUT2D eigenvalue weighted by Crippen LogP contribution is 1.98. The standard InChI is InChI=1S/C8H6O3.C7H13N3/c9-7(8(10)11)6-4-2-1-3-5-6;1-3-8-7-9-4-2-6-10(7)5-1/h1-5H,(H,10,11);1-6H2,(H,8,9). The van der Waals surface area contributed by atoms with E-state index < -0.39 is 11.8 Å². The van der Waals surface area contributed by atoms with Gasteiger partial charge in [-0.15, -0.1) is 0 Å². The van der Waals surface area contributed by atoms with E-state index in [1.54, 1.807) is 18.2 Å². The van der Waals surface area contributed by atoms with Gasteiger partial charge in [0.1, 0.15) is 5.97 Å². The molecule has 3 rings (SSSR count). The molecule has 0 atom stereocenters. The number of rotatable bonds is 2. The molecular formula is C15H19N3O3. The Hall–Kier alpha value is -2.37. The van der Waals surface area contributed by atoms with Crippen LogP contribution in [0.25, 0.3) is 0 Å². The van der Waals surface area contributed by atoms with Crippen LogP contribution in [0.3, 0.4) is 0 Å². The van der Waals surface area contributed by atoms with Crippen molar-refractivity contribution in [2.45, 2.75) is 12.8 Å². The Labute approximate surface area is 123 Å². The topological polar surface area (TPSA) is 84.3 Å². The van der Waals surface area contributed by atoms with E-state index in [1.807, 2.05) is 0 Å². The molecule has 0 fully saturated rings. The molecule has 6 nitrogen and oxygen atoms in total. The summed E-state index contributed by atoms with van der Waals surface area (Å²) < 4.78 is 2.40. The van der Waals surface area contributed by atoms with Gasteiger partial charge in [0.15, 0.2) is 0 Å². The maximum absolute atomic E-state index is 10.7. The number of aliphatic carboxylic acids is 1. The molecule has 0 unspecified atom stereocenters. The molecule has 0 spiro atoms. The summed E-state index contributed by atoms with van der Waals surface area (Å²) in [6, 6.07) is 7.74. The van der Waals surface area contributed by atoms with Gasteiger partial charge in [0.25, 0.3) is 0 Å². The quantitative estimate of drug-likeness (QED) is 0.413. The molecule has 21 heavy (non-hydrogen) atoms. The minimum Gasteiger partial charge on any atom is -0.541 e. The van der Waals surface area contributed by atoms with Gasteiger partial charge < -0.3 is 9.90 Å². The van der Waals surface area contributed by atoms with Gasteiger partial charge in [-0.3, -0.25) is 20.0 Å². The van der Waals surface area contributed by atoms with E-state index in [9.17, 15) is 14.7 Å². The second kappa shape index (κ2) is 7.42. The molecule has 0 saturated carbocycles. The van der Waals surface area contributed by atoms with Crippen LogP contribution in [-0.4, -0.2) is 48.5 Å². The van der Waals surface area contributed by atoms with Crippen molar-refractivity contribution in [3.05, 3.63) is 35.9 Å². The molecule has 2 heterocycles. The molecule has 1 aromatic rings. The highest BCUT2D eigenvalue weighted by atomic mass is 16.4. The Bertz CT molecular complexity index is 506. The summed E-state index contributed by atoms with van der Waals surface area (Å²) in [5.74, 6) is -1.39. The number of carboxylic acid groups (broad SMARTS) is 1. The molecule has 6 heteroatoms. The van der Waals surface area contributed by atoms with Gasteiger partial charge in [-0.2, -0.15) is 0 Å². The van der Waals surface area contributed by atoms with Crippen LogP contribution in [0.4, 0.5) is 0 Å². The third-order valence-electron chi connectivity index (χ3n) is 3.33. The number of carboxylic acids is 1. The second-order valence-corrected chi connectivity index (χ2v) is 4.88. The van der Waals surface area contributed by atoms with Gasteiger partial charge in [0, 0.05) is 18.4 Å². The molecule has 2 N–H and O–H groups in total. The molecule has 0 aliphatic carbocycles. The molecule has 2 aliphatic rings. The fourth-order valence-corrected chi connectivity index (χ4v) is 2.28. The number of hydrogen-bond donors (Lipinski definition) is 2. The number of carbonyl (C=O) groups excluding carboxylic acids is 2. The predicted octanol–water partition coefficient (Wildman–Crippen LogP) is -1.04. The smallest absolute Gasteiger partial charge is 0.345 e. The van der Waals surface area contributed by atoms with Gasteiger partial charge >= 0.3 is 5.96 Å². The van der Waals surface area contributed by atoms with E-state index in [-0.39, 0.29) is 5.56 Å². The number of nitrogens with zero attached hydrogens (tertiary/aromatic N) is 1. The summed E-state index contributed by atoms with van der Waals surface area (Å²) in [5, 5.41) is 16.7. The van der Waals surface area contributed by atoms with Crippen LogP contribution in [0.15, 0.2) is 30.3 Å². The highest BCUT2D eigenvalue weighted by molar-refractivity contribution is 6.38. The Morgan fingerprint density at radius 3 is 2.05 bits per heavy atom. The van der Waals surface area contributed by atoms with Gasteiger partial charge in [-0.25, -0.2) is 0 Å². The SMILES string of the molecule is C1CNC2=[N+](C1)CCCN2.O=C([O-])C(=O)c1ccccc1. The number of benzene rings is 1. The molecule has 0 bridgehead atoms. The molecule has 112 valence electrons.